The van der Waals surface area contributed by atoms with Crippen LogP contribution in [0.4, 0.5) is 11.5 Å². The number of aryl methyl sites for hydroxylation is 2. The largest absolute Gasteiger partial charge is 0.437 e. The summed E-state index contributed by atoms with van der Waals surface area (Å²) in [4.78, 5) is 10.2. The van der Waals surface area contributed by atoms with Crippen molar-refractivity contribution in [2.45, 2.75) is 20.8 Å². The predicted molar refractivity (Wildman–Crippen MR) is 92.4 cm³/mol. The zero-order valence-corrected chi connectivity index (χ0v) is 14.3. The van der Waals surface area contributed by atoms with E-state index >= 15 is 0 Å². The molecule has 0 radical (unpaired) electrons. The lowest BCUT2D eigenvalue weighted by Crippen LogP contribution is -2.28. The highest BCUT2D eigenvalue weighted by molar-refractivity contribution is 6.32. The van der Waals surface area contributed by atoms with Gasteiger partial charge in [-0.15, -0.1) is 0 Å². The van der Waals surface area contributed by atoms with E-state index in [1.165, 1.54) is 6.33 Å². The minimum Gasteiger partial charge on any atom is -0.437 e. The fraction of sp³-hybridized carbons (Fsp3) is 0.375. The van der Waals surface area contributed by atoms with Gasteiger partial charge in [-0.2, -0.15) is 4.98 Å². The van der Waals surface area contributed by atoms with E-state index in [2.05, 4.69) is 9.97 Å². The van der Waals surface area contributed by atoms with Crippen molar-refractivity contribution in [1.82, 2.24) is 9.97 Å². The van der Waals surface area contributed by atoms with Crippen molar-refractivity contribution in [2.75, 3.05) is 30.3 Å². The van der Waals surface area contributed by atoms with Gasteiger partial charge < -0.3 is 20.5 Å². The number of nitrogens with zero attached hydrogens (tertiary/aromatic N) is 3. The first kappa shape index (κ1) is 17.3. The highest BCUT2D eigenvalue weighted by Gasteiger charge is 2.15. The summed E-state index contributed by atoms with van der Waals surface area (Å²) in [6.45, 7) is 6.91. The van der Waals surface area contributed by atoms with Crippen LogP contribution in [0.5, 0.6) is 11.6 Å². The van der Waals surface area contributed by atoms with Crippen LogP contribution < -0.4 is 15.4 Å². The molecular formula is C16H21ClN4O2. The molecule has 0 saturated carbocycles. The van der Waals surface area contributed by atoms with Crippen molar-refractivity contribution < 1.29 is 9.84 Å². The molecule has 1 aromatic heterocycles. The lowest BCUT2D eigenvalue weighted by Gasteiger charge is -2.22. The minimum atomic E-state index is 0.0169. The first-order valence-corrected chi connectivity index (χ1v) is 7.76. The Hall–Kier alpha value is -2.05. The van der Waals surface area contributed by atoms with E-state index in [0.29, 0.717) is 35.4 Å². The molecule has 0 atom stereocenters. The predicted octanol–water partition coefficient (Wildman–Crippen LogP) is 2.94. The maximum absolute atomic E-state index is 9.14. The molecule has 2 rings (SSSR count). The number of likely N-dealkylation sites (N-methyl/N-ethyl adjacent to an activating group) is 1. The summed E-state index contributed by atoms with van der Waals surface area (Å²) < 4.78 is 5.82. The summed E-state index contributed by atoms with van der Waals surface area (Å²) in [6, 6.07) is 3.67. The Morgan fingerprint density at radius 1 is 1.26 bits per heavy atom. The Morgan fingerprint density at radius 2 is 1.91 bits per heavy atom. The molecule has 3 N–H and O–H groups in total. The Balaban J connectivity index is 2.34. The molecule has 124 valence electrons. The average Bonchev–Trinajstić information content (AvgIpc) is 2.52. The molecule has 2 aromatic rings. The van der Waals surface area contributed by atoms with Gasteiger partial charge in [-0.05, 0) is 44.0 Å². The smallest absolute Gasteiger partial charge is 0.248 e. The Kier molecular flexibility index (Phi) is 5.63. The van der Waals surface area contributed by atoms with Crippen LogP contribution in [0.1, 0.15) is 18.1 Å². The molecule has 0 unspecified atom stereocenters. The standard InChI is InChI=1S/C16H21ClN4O2/c1-4-21(5-6-22)15-14(18)16(20-9-19-15)23-12-7-10(2)13(17)11(3)8-12/h7-9,22H,4-6,18H2,1-3H3. The molecule has 7 heteroatoms. The van der Waals surface area contributed by atoms with E-state index < -0.39 is 0 Å². The second kappa shape index (κ2) is 7.48. The molecule has 0 aliphatic rings. The van der Waals surface area contributed by atoms with Crippen LogP contribution in [0, 0.1) is 13.8 Å². The Morgan fingerprint density at radius 3 is 2.48 bits per heavy atom. The molecule has 0 saturated heterocycles. The topological polar surface area (TPSA) is 84.5 Å². The molecule has 6 nitrogen and oxygen atoms in total. The van der Waals surface area contributed by atoms with Crippen molar-refractivity contribution in [3.8, 4) is 11.6 Å². The normalized spacial score (nSPS) is 10.7. The van der Waals surface area contributed by atoms with Crippen molar-refractivity contribution in [1.29, 1.82) is 0 Å². The number of ether oxygens (including phenoxy) is 1. The number of anilines is 2. The number of nitrogens with two attached hydrogens (primary N) is 1. The van der Waals surface area contributed by atoms with Crippen LogP contribution in [0.15, 0.2) is 18.5 Å². The lowest BCUT2D eigenvalue weighted by atomic mass is 10.1. The zero-order chi connectivity index (χ0) is 17.0. The number of benzene rings is 1. The van der Waals surface area contributed by atoms with E-state index in [4.69, 9.17) is 27.2 Å². The van der Waals surface area contributed by atoms with Gasteiger partial charge in [0.1, 0.15) is 17.8 Å². The third kappa shape index (κ3) is 3.83. The minimum absolute atomic E-state index is 0.0169. The molecule has 0 spiro atoms. The molecule has 1 heterocycles. The summed E-state index contributed by atoms with van der Waals surface area (Å²) >= 11 is 6.17. The summed E-state index contributed by atoms with van der Waals surface area (Å²) in [7, 11) is 0. The van der Waals surface area contributed by atoms with Crippen LogP contribution in [-0.2, 0) is 0 Å². The quantitative estimate of drug-likeness (QED) is 0.843. The number of rotatable bonds is 6. The van der Waals surface area contributed by atoms with Gasteiger partial charge in [-0.25, -0.2) is 4.98 Å². The number of nitrogen functional groups attached to an aromatic ring is 1. The van der Waals surface area contributed by atoms with Gasteiger partial charge in [-0.1, -0.05) is 11.6 Å². The van der Waals surface area contributed by atoms with Crippen molar-refractivity contribution in [3.63, 3.8) is 0 Å². The molecule has 23 heavy (non-hydrogen) atoms. The second-order valence-electron chi connectivity index (χ2n) is 5.19. The number of hydrogen-bond donors (Lipinski definition) is 2. The molecular weight excluding hydrogens is 316 g/mol. The maximum Gasteiger partial charge on any atom is 0.248 e. The first-order chi connectivity index (χ1) is 11.0. The van der Waals surface area contributed by atoms with Gasteiger partial charge in [0, 0.05) is 18.1 Å². The van der Waals surface area contributed by atoms with Gasteiger partial charge >= 0.3 is 0 Å². The van der Waals surface area contributed by atoms with E-state index in [1.54, 1.807) is 0 Å². The first-order valence-electron chi connectivity index (χ1n) is 7.38. The molecule has 0 aliphatic carbocycles. The van der Waals surface area contributed by atoms with Crippen LogP contribution in [0.25, 0.3) is 0 Å². The van der Waals surface area contributed by atoms with Gasteiger partial charge in [0.2, 0.25) is 5.88 Å². The van der Waals surface area contributed by atoms with E-state index in [0.717, 1.165) is 11.1 Å². The summed E-state index contributed by atoms with van der Waals surface area (Å²) in [5.74, 6) is 1.45. The molecule has 1 aromatic carbocycles. The summed E-state index contributed by atoms with van der Waals surface area (Å²) in [5.41, 5.74) is 8.33. The highest BCUT2D eigenvalue weighted by atomic mass is 35.5. The maximum atomic E-state index is 9.14. The number of aliphatic hydroxyl groups excluding tert-OH is 1. The van der Waals surface area contributed by atoms with Crippen molar-refractivity contribution in [2.24, 2.45) is 0 Å². The van der Waals surface area contributed by atoms with Gasteiger partial charge in [0.15, 0.2) is 5.82 Å². The van der Waals surface area contributed by atoms with E-state index in [1.807, 2.05) is 37.8 Å². The number of halogens is 1. The number of hydrogen-bond acceptors (Lipinski definition) is 6. The fourth-order valence-corrected chi connectivity index (χ4v) is 2.42. The molecule has 0 aliphatic heterocycles. The van der Waals surface area contributed by atoms with Gasteiger partial charge in [0.25, 0.3) is 0 Å². The van der Waals surface area contributed by atoms with E-state index in [9.17, 15) is 0 Å². The highest BCUT2D eigenvalue weighted by Crippen LogP contribution is 2.33. The van der Waals surface area contributed by atoms with Crippen LogP contribution in [0.2, 0.25) is 5.02 Å². The summed E-state index contributed by atoms with van der Waals surface area (Å²) in [5, 5.41) is 9.86. The summed E-state index contributed by atoms with van der Waals surface area (Å²) in [6.07, 6.45) is 1.40. The van der Waals surface area contributed by atoms with Crippen LogP contribution in [0.3, 0.4) is 0 Å². The van der Waals surface area contributed by atoms with Crippen LogP contribution in [-0.4, -0.2) is 34.8 Å². The monoisotopic (exact) mass is 336 g/mol. The third-order valence-electron chi connectivity index (χ3n) is 3.50. The number of aliphatic hydroxyl groups is 1. The lowest BCUT2D eigenvalue weighted by molar-refractivity contribution is 0.302. The SMILES string of the molecule is CCN(CCO)c1ncnc(Oc2cc(C)c(Cl)c(C)c2)c1N. The van der Waals surface area contributed by atoms with Crippen molar-refractivity contribution >= 4 is 23.1 Å². The van der Waals surface area contributed by atoms with Gasteiger partial charge in [0.05, 0.1) is 6.61 Å². The van der Waals surface area contributed by atoms with Crippen LogP contribution >= 0.6 is 11.6 Å². The zero-order valence-electron chi connectivity index (χ0n) is 13.5. The molecule has 0 fully saturated rings. The fourth-order valence-electron chi connectivity index (χ4n) is 2.32. The Bertz CT molecular complexity index is 671. The van der Waals surface area contributed by atoms with Gasteiger partial charge in [-0.3, -0.25) is 0 Å². The second-order valence-corrected chi connectivity index (χ2v) is 5.57. The molecule has 0 amide bonds. The Labute approximate surface area is 140 Å². The third-order valence-corrected chi connectivity index (χ3v) is 4.10. The molecule has 0 bridgehead atoms. The van der Waals surface area contributed by atoms with E-state index in [-0.39, 0.29) is 12.5 Å². The van der Waals surface area contributed by atoms with Crippen molar-refractivity contribution in [3.05, 3.63) is 34.6 Å². The number of aromatic nitrogens is 2. The average molecular weight is 337 g/mol.